The molecular weight excluding hydrogens is 286 g/mol. The van der Waals surface area contributed by atoms with Crippen LogP contribution in [-0.4, -0.2) is 23.8 Å². The van der Waals surface area contributed by atoms with E-state index in [1.165, 1.54) is 11.3 Å². The van der Waals surface area contributed by atoms with Crippen LogP contribution in [0.4, 0.5) is 0 Å². The predicted molar refractivity (Wildman–Crippen MR) is 85.3 cm³/mol. The third-order valence-electron chi connectivity index (χ3n) is 3.13. The van der Waals surface area contributed by atoms with Gasteiger partial charge in [-0.2, -0.15) is 0 Å². The molecule has 0 bridgehead atoms. The van der Waals surface area contributed by atoms with Crippen LogP contribution in [0.2, 0.25) is 0 Å². The molecule has 114 valence electrons. The number of hydrogen-bond donors (Lipinski definition) is 1. The quantitative estimate of drug-likeness (QED) is 0.881. The van der Waals surface area contributed by atoms with Gasteiger partial charge < -0.3 is 14.6 Å². The van der Waals surface area contributed by atoms with E-state index >= 15 is 0 Å². The molecule has 0 atom stereocenters. The number of hydrogen-bond acceptors (Lipinski definition) is 5. The molecule has 1 heterocycles. The molecule has 0 spiro atoms. The number of methoxy groups -OCH3 is 1. The Bertz CT molecular complexity index is 608. The van der Waals surface area contributed by atoms with Crippen molar-refractivity contribution in [3.63, 3.8) is 0 Å². The molecule has 4 nitrogen and oxygen atoms in total. The lowest BCUT2D eigenvalue weighted by atomic mass is 10.1. The van der Waals surface area contributed by atoms with E-state index in [4.69, 9.17) is 9.47 Å². The fourth-order valence-electron chi connectivity index (χ4n) is 2.13. The smallest absolute Gasteiger partial charge is 0.161 e. The zero-order chi connectivity index (χ0) is 15.4. The van der Waals surface area contributed by atoms with Crippen LogP contribution in [0.15, 0.2) is 18.2 Å². The molecule has 1 aromatic heterocycles. The van der Waals surface area contributed by atoms with Crippen molar-refractivity contribution in [3.8, 4) is 22.1 Å². The summed E-state index contributed by atoms with van der Waals surface area (Å²) in [5.74, 6) is 1.72. The van der Waals surface area contributed by atoms with Gasteiger partial charge in [0.05, 0.1) is 30.9 Å². The van der Waals surface area contributed by atoms with Crippen LogP contribution in [0.25, 0.3) is 10.6 Å². The number of rotatable bonds is 6. The molecule has 1 aromatic carbocycles. The number of aromatic nitrogens is 1. The Balaban J connectivity index is 2.44. The van der Waals surface area contributed by atoms with E-state index in [9.17, 15) is 5.11 Å². The molecule has 21 heavy (non-hydrogen) atoms. The van der Waals surface area contributed by atoms with Gasteiger partial charge >= 0.3 is 0 Å². The maximum atomic E-state index is 9.47. The van der Waals surface area contributed by atoms with Crippen LogP contribution in [0, 0.1) is 0 Å². The Morgan fingerprint density at radius 1 is 1.29 bits per heavy atom. The third-order valence-corrected chi connectivity index (χ3v) is 4.23. The SMILES string of the molecule is CCOc1cc(-c2nc(C(C)C)c(CO)s2)ccc1OC. The van der Waals surface area contributed by atoms with Crippen LogP contribution in [0.1, 0.15) is 37.3 Å². The molecule has 0 aliphatic rings. The van der Waals surface area contributed by atoms with Gasteiger partial charge in [-0.25, -0.2) is 4.98 Å². The number of nitrogens with zero attached hydrogens (tertiary/aromatic N) is 1. The first-order valence-electron chi connectivity index (χ1n) is 7.02. The maximum Gasteiger partial charge on any atom is 0.161 e. The average Bonchev–Trinajstić information content (AvgIpc) is 2.92. The molecule has 0 unspecified atom stereocenters. The highest BCUT2D eigenvalue weighted by Crippen LogP contribution is 2.36. The van der Waals surface area contributed by atoms with E-state index in [2.05, 4.69) is 18.8 Å². The Hall–Kier alpha value is -1.59. The van der Waals surface area contributed by atoms with Crippen LogP contribution in [-0.2, 0) is 6.61 Å². The van der Waals surface area contributed by atoms with Crippen molar-refractivity contribution in [2.75, 3.05) is 13.7 Å². The van der Waals surface area contributed by atoms with Crippen LogP contribution >= 0.6 is 11.3 Å². The zero-order valence-corrected chi connectivity index (χ0v) is 13.7. The molecule has 0 amide bonds. The van der Waals surface area contributed by atoms with Gasteiger partial charge in [0.25, 0.3) is 0 Å². The number of benzene rings is 1. The third kappa shape index (κ3) is 3.36. The largest absolute Gasteiger partial charge is 0.493 e. The van der Waals surface area contributed by atoms with Crippen LogP contribution < -0.4 is 9.47 Å². The molecule has 0 fully saturated rings. The maximum absolute atomic E-state index is 9.47. The van der Waals surface area contributed by atoms with Crippen molar-refractivity contribution < 1.29 is 14.6 Å². The molecule has 0 aliphatic carbocycles. The molecule has 0 aliphatic heterocycles. The summed E-state index contributed by atoms with van der Waals surface area (Å²) in [6.45, 7) is 6.71. The number of thiazole rings is 1. The molecule has 0 saturated heterocycles. The fourth-order valence-corrected chi connectivity index (χ4v) is 3.20. The monoisotopic (exact) mass is 307 g/mol. The summed E-state index contributed by atoms with van der Waals surface area (Å²) in [5, 5.41) is 10.4. The Kier molecular flexibility index (Phi) is 5.20. The topological polar surface area (TPSA) is 51.6 Å². The minimum Gasteiger partial charge on any atom is -0.493 e. The van der Waals surface area contributed by atoms with Gasteiger partial charge in [-0.05, 0) is 31.0 Å². The van der Waals surface area contributed by atoms with Crippen molar-refractivity contribution in [1.82, 2.24) is 4.98 Å². The van der Waals surface area contributed by atoms with Crippen LogP contribution in [0.5, 0.6) is 11.5 Å². The lowest BCUT2D eigenvalue weighted by Gasteiger charge is -2.10. The molecule has 0 radical (unpaired) electrons. The Labute approximate surface area is 129 Å². The zero-order valence-electron chi connectivity index (χ0n) is 12.8. The van der Waals surface area contributed by atoms with Crippen molar-refractivity contribution in [3.05, 3.63) is 28.8 Å². The second kappa shape index (κ2) is 6.91. The summed E-state index contributed by atoms with van der Waals surface area (Å²) in [5.41, 5.74) is 1.94. The van der Waals surface area contributed by atoms with Crippen molar-refractivity contribution in [1.29, 1.82) is 0 Å². The normalized spacial score (nSPS) is 11.0. The molecule has 2 rings (SSSR count). The van der Waals surface area contributed by atoms with Gasteiger partial charge in [-0.15, -0.1) is 11.3 Å². The fraction of sp³-hybridized carbons (Fsp3) is 0.438. The van der Waals surface area contributed by atoms with Crippen LogP contribution in [0.3, 0.4) is 0 Å². The summed E-state index contributed by atoms with van der Waals surface area (Å²) in [6.07, 6.45) is 0. The second-order valence-electron chi connectivity index (χ2n) is 4.94. The number of aliphatic hydroxyl groups excluding tert-OH is 1. The van der Waals surface area contributed by atoms with Crippen molar-refractivity contribution >= 4 is 11.3 Å². The van der Waals surface area contributed by atoms with E-state index in [1.807, 2.05) is 25.1 Å². The summed E-state index contributed by atoms with van der Waals surface area (Å²) < 4.78 is 10.9. The van der Waals surface area contributed by atoms with Gasteiger partial charge in [-0.3, -0.25) is 0 Å². The summed E-state index contributed by atoms with van der Waals surface area (Å²) in [4.78, 5) is 5.59. The summed E-state index contributed by atoms with van der Waals surface area (Å²) in [6, 6.07) is 5.78. The van der Waals surface area contributed by atoms with Crippen molar-refractivity contribution in [2.24, 2.45) is 0 Å². The first-order chi connectivity index (χ1) is 10.1. The Morgan fingerprint density at radius 2 is 2.05 bits per heavy atom. The summed E-state index contributed by atoms with van der Waals surface area (Å²) in [7, 11) is 1.63. The predicted octanol–water partition coefficient (Wildman–Crippen LogP) is 3.83. The highest BCUT2D eigenvalue weighted by Gasteiger charge is 2.16. The molecule has 2 aromatic rings. The van der Waals surface area contributed by atoms with Gasteiger partial charge in [-0.1, -0.05) is 13.8 Å². The van der Waals surface area contributed by atoms with Gasteiger partial charge in [0, 0.05) is 5.56 Å². The highest BCUT2D eigenvalue weighted by atomic mass is 32.1. The van der Waals surface area contributed by atoms with Crippen molar-refractivity contribution in [2.45, 2.75) is 33.3 Å². The van der Waals surface area contributed by atoms with E-state index in [0.717, 1.165) is 21.1 Å². The first kappa shape index (κ1) is 15.8. The van der Waals surface area contributed by atoms with E-state index < -0.39 is 0 Å². The molecule has 5 heteroatoms. The van der Waals surface area contributed by atoms with Gasteiger partial charge in [0.15, 0.2) is 11.5 Å². The number of aliphatic hydroxyl groups is 1. The summed E-state index contributed by atoms with van der Waals surface area (Å²) >= 11 is 1.52. The standard InChI is InChI=1S/C16H21NO3S/c1-5-20-13-8-11(6-7-12(13)19-4)16-17-15(10(2)3)14(9-18)21-16/h6-8,10,18H,5,9H2,1-4H3. The highest BCUT2D eigenvalue weighted by molar-refractivity contribution is 7.15. The number of ether oxygens (including phenoxy) is 2. The van der Waals surface area contributed by atoms with E-state index in [0.29, 0.717) is 24.0 Å². The Morgan fingerprint density at radius 3 is 2.57 bits per heavy atom. The molecular formula is C16H21NO3S. The lowest BCUT2D eigenvalue weighted by Crippen LogP contribution is -1.96. The minimum absolute atomic E-state index is 0.0274. The minimum atomic E-state index is 0.0274. The van der Waals surface area contributed by atoms with Gasteiger partial charge in [0.2, 0.25) is 0 Å². The van der Waals surface area contributed by atoms with E-state index in [-0.39, 0.29) is 6.61 Å². The first-order valence-corrected chi connectivity index (χ1v) is 7.84. The lowest BCUT2D eigenvalue weighted by molar-refractivity contribution is 0.283. The second-order valence-corrected chi connectivity index (χ2v) is 6.02. The molecule has 1 N–H and O–H groups in total. The molecule has 0 saturated carbocycles. The average molecular weight is 307 g/mol. The van der Waals surface area contributed by atoms with E-state index in [1.54, 1.807) is 7.11 Å². The van der Waals surface area contributed by atoms with Gasteiger partial charge in [0.1, 0.15) is 5.01 Å².